The van der Waals surface area contributed by atoms with Gasteiger partial charge >= 0.3 is 0 Å². The molecule has 4 nitrogen and oxygen atoms in total. The number of aryl methyl sites for hydroxylation is 1. The molecule has 96 valence electrons. The SMILES string of the molecule is c1coc(CCCNCCN2CCOCC2)c1. The molecule has 0 bridgehead atoms. The predicted molar refractivity (Wildman–Crippen MR) is 67.2 cm³/mol. The third-order valence-corrected chi connectivity index (χ3v) is 3.07. The molecule has 0 aromatic carbocycles. The Morgan fingerprint density at radius 2 is 2.12 bits per heavy atom. The van der Waals surface area contributed by atoms with Crippen molar-refractivity contribution in [3.8, 4) is 0 Å². The summed E-state index contributed by atoms with van der Waals surface area (Å²) in [5.41, 5.74) is 0. The summed E-state index contributed by atoms with van der Waals surface area (Å²) < 4.78 is 10.6. The van der Waals surface area contributed by atoms with Crippen molar-refractivity contribution in [1.82, 2.24) is 10.2 Å². The number of ether oxygens (including phenoxy) is 1. The summed E-state index contributed by atoms with van der Waals surface area (Å²) in [7, 11) is 0. The minimum Gasteiger partial charge on any atom is -0.469 e. The zero-order chi connectivity index (χ0) is 11.8. The average Bonchev–Trinajstić information content (AvgIpc) is 2.88. The lowest BCUT2D eigenvalue weighted by atomic mass is 10.2. The normalized spacial score (nSPS) is 17.4. The van der Waals surface area contributed by atoms with Crippen molar-refractivity contribution < 1.29 is 9.15 Å². The molecule has 1 saturated heterocycles. The van der Waals surface area contributed by atoms with E-state index >= 15 is 0 Å². The third-order valence-electron chi connectivity index (χ3n) is 3.07. The van der Waals surface area contributed by atoms with Crippen LogP contribution in [0.15, 0.2) is 22.8 Å². The Kier molecular flexibility index (Phi) is 5.55. The first-order valence-electron chi connectivity index (χ1n) is 6.48. The first-order chi connectivity index (χ1) is 8.45. The van der Waals surface area contributed by atoms with E-state index in [4.69, 9.17) is 9.15 Å². The van der Waals surface area contributed by atoms with Crippen LogP contribution >= 0.6 is 0 Å². The van der Waals surface area contributed by atoms with Crippen LogP contribution in [0.4, 0.5) is 0 Å². The summed E-state index contributed by atoms with van der Waals surface area (Å²) in [5, 5.41) is 3.47. The topological polar surface area (TPSA) is 37.6 Å². The first kappa shape index (κ1) is 12.6. The average molecular weight is 238 g/mol. The summed E-state index contributed by atoms with van der Waals surface area (Å²) in [4.78, 5) is 2.45. The zero-order valence-corrected chi connectivity index (χ0v) is 10.4. The molecule has 0 saturated carbocycles. The maximum Gasteiger partial charge on any atom is 0.103 e. The minimum atomic E-state index is 0.887. The summed E-state index contributed by atoms with van der Waals surface area (Å²) in [6, 6.07) is 3.98. The number of nitrogens with zero attached hydrogens (tertiary/aromatic N) is 1. The Balaban J connectivity index is 1.43. The van der Waals surface area contributed by atoms with Gasteiger partial charge in [-0.25, -0.2) is 0 Å². The molecule has 0 spiro atoms. The van der Waals surface area contributed by atoms with E-state index in [2.05, 4.69) is 10.2 Å². The van der Waals surface area contributed by atoms with E-state index in [9.17, 15) is 0 Å². The molecule has 1 N–H and O–H groups in total. The molecule has 0 atom stereocenters. The molecule has 0 radical (unpaired) electrons. The van der Waals surface area contributed by atoms with Gasteiger partial charge in [-0.05, 0) is 25.1 Å². The Bertz CT molecular complexity index is 282. The monoisotopic (exact) mass is 238 g/mol. The molecule has 2 heterocycles. The smallest absolute Gasteiger partial charge is 0.103 e. The van der Waals surface area contributed by atoms with Gasteiger partial charge in [0.2, 0.25) is 0 Å². The van der Waals surface area contributed by atoms with E-state index in [1.165, 1.54) is 0 Å². The molecular weight excluding hydrogens is 216 g/mol. The van der Waals surface area contributed by atoms with Crippen LogP contribution in [0.25, 0.3) is 0 Å². The van der Waals surface area contributed by atoms with Gasteiger partial charge in [-0.1, -0.05) is 0 Å². The van der Waals surface area contributed by atoms with Crippen LogP contribution in [-0.2, 0) is 11.2 Å². The van der Waals surface area contributed by atoms with E-state index in [1.807, 2.05) is 12.1 Å². The fourth-order valence-electron chi connectivity index (χ4n) is 2.03. The van der Waals surface area contributed by atoms with E-state index in [1.54, 1.807) is 6.26 Å². The highest BCUT2D eigenvalue weighted by Crippen LogP contribution is 2.02. The largest absolute Gasteiger partial charge is 0.469 e. The van der Waals surface area contributed by atoms with E-state index < -0.39 is 0 Å². The van der Waals surface area contributed by atoms with Crippen molar-refractivity contribution in [2.75, 3.05) is 45.9 Å². The van der Waals surface area contributed by atoms with Crippen LogP contribution in [0, 0.1) is 0 Å². The Hall–Kier alpha value is -0.840. The van der Waals surface area contributed by atoms with Gasteiger partial charge in [0, 0.05) is 32.6 Å². The fraction of sp³-hybridized carbons (Fsp3) is 0.692. The first-order valence-corrected chi connectivity index (χ1v) is 6.48. The van der Waals surface area contributed by atoms with Gasteiger partial charge in [-0.2, -0.15) is 0 Å². The fourth-order valence-corrected chi connectivity index (χ4v) is 2.03. The second kappa shape index (κ2) is 7.48. The molecule has 1 aliphatic rings. The zero-order valence-electron chi connectivity index (χ0n) is 10.4. The van der Waals surface area contributed by atoms with E-state index in [0.717, 1.165) is 64.5 Å². The summed E-state index contributed by atoms with van der Waals surface area (Å²) >= 11 is 0. The lowest BCUT2D eigenvalue weighted by Gasteiger charge is -2.26. The van der Waals surface area contributed by atoms with Gasteiger partial charge in [0.25, 0.3) is 0 Å². The van der Waals surface area contributed by atoms with Gasteiger partial charge in [-0.15, -0.1) is 0 Å². The summed E-state index contributed by atoms with van der Waals surface area (Å²) in [6.07, 6.45) is 3.90. The molecular formula is C13H22N2O2. The van der Waals surface area contributed by atoms with Crippen molar-refractivity contribution in [2.45, 2.75) is 12.8 Å². The quantitative estimate of drug-likeness (QED) is 0.723. The molecule has 2 rings (SSSR count). The van der Waals surface area contributed by atoms with Crippen molar-refractivity contribution in [3.05, 3.63) is 24.2 Å². The van der Waals surface area contributed by atoms with Crippen LogP contribution in [0.3, 0.4) is 0 Å². The molecule has 1 aromatic rings. The highest BCUT2D eigenvalue weighted by Gasteiger charge is 2.08. The molecule has 0 amide bonds. The molecule has 1 aromatic heterocycles. The van der Waals surface area contributed by atoms with Gasteiger partial charge in [0.15, 0.2) is 0 Å². The Morgan fingerprint density at radius 1 is 1.24 bits per heavy atom. The number of nitrogens with one attached hydrogen (secondary N) is 1. The van der Waals surface area contributed by atoms with Crippen LogP contribution in [0.1, 0.15) is 12.2 Å². The third kappa shape index (κ3) is 4.89. The standard InChI is InChI=1S/C13H22N2O2/c1(3-13-4-2-10-17-13)5-14-6-7-15-8-11-16-12-9-15/h2,4,10,14H,1,3,5-9,11-12H2. The number of hydrogen-bond donors (Lipinski definition) is 1. The van der Waals surface area contributed by atoms with Crippen molar-refractivity contribution >= 4 is 0 Å². The number of morpholine rings is 1. The van der Waals surface area contributed by atoms with Crippen LogP contribution in [-0.4, -0.2) is 50.8 Å². The maximum atomic E-state index is 5.31. The highest BCUT2D eigenvalue weighted by molar-refractivity contribution is 4.97. The minimum absolute atomic E-state index is 0.887. The van der Waals surface area contributed by atoms with Gasteiger partial charge in [0.1, 0.15) is 5.76 Å². The Labute approximate surface area is 103 Å². The molecule has 17 heavy (non-hydrogen) atoms. The molecule has 4 heteroatoms. The summed E-state index contributed by atoms with van der Waals surface area (Å²) in [6.45, 7) is 7.19. The van der Waals surface area contributed by atoms with Crippen molar-refractivity contribution in [3.63, 3.8) is 0 Å². The van der Waals surface area contributed by atoms with E-state index in [-0.39, 0.29) is 0 Å². The van der Waals surface area contributed by atoms with Gasteiger partial charge in [0.05, 0.1) is 19.5 Å². The van der Waals surface area contributed by atoms with Crippen molar-refractivity contribution in [1.29, 1.82) is 0 Å². The molecule has 1 fully saturated rings. The van der Waals surface area contributed by atoms with Crippen LogP contribution < -0.4 is 5.32 Å². The highest BCUT2D eigenvalue weighted by atomic mass is 16.5. The second-order valence-corrected chi connectivity index (χ2v) is 4.39. The van der Waals surface area contributed by atoms with Crippen LogP contribution in [0.5, 0.6) is 0 Å². The van der Waals surface area contributed by atoms with Crippen LogP contribution in [0.2, 0.25) is 0 Å². The van der Waals surface area contributed by atoms with Crippen molar-refractivity contribution in [2.24, 2.45) is 0 Å². The van der Waals surface area contributed by atoms with Gasteiger partial charge < -0.3 is 14.5 Å². The molecule has 1 aliphatic heterocycles. The maximum absolute atomic E-state index is 5.31. The number of rotatable bonds is 7. The lowest BCUT2D eigenvalue weighted by Crippen LogP contribution is -2.40. The Morgan fingerprint density at radius 3 is 2.88 bits per heavy atom. The molecule has 0 unspecified atom stereocenters. The number of furan rings is 1. The predicted octanol–water partition coefficient (Wildman–Crippen LogP) is 1.13. The lowest BCUT2D eigenvalue weighted by molar-refractivity contribution is 0.0384. The van der Waals surface area contributed by atoms with Gasteiger partial charge in [-0.3, -0.25) is 4.90 Å². The van der Waals surface area contributed by atoms with E-state index in [0.29, 0.717) is 0 Å². The molecule has 0 aliphatic carbocycles. The number of hydrogen-bond acceptors (Lipinski definition) is 4. The second-order valence-electron chi connectivity index (χ2n) is 4.39. The summed E-state index contributed by atoms with van der Waals surface area (Å²) in [5.74, 6) is 1.08.